The number of hydrogen-bond donors (Lipinski definition) is 1. The van der Waals surface area contributed by atoms with Crippen LogP contribution in [0.5, 0.6) is 11.5 Å². The van der Waals surface area contributed by atoms with Gasteiger partial charge in [0.05, 0.1) is 20.8 Å². The summed E-state index contributed by atoms with van der Waals surface area (Å²) in [4.78, 5) is 7.02. The Hall–Kier alpha value is -1.22. The second-order valence-electron chi connectivity index (χ2n) is 6.59. The predicted molar refractivity (Wildman–Crippen MR) is 121 cm³/mol. The predicted octanol–water partition coefficient (Wildman–Crippen LogP) is 3.54. The quantitative estimate of drug-likeness (QED) is 0.343. The molecule has 7 heteroatoms. The molecule has 1 aromatic rings. The SMILES string of the molecule is CCNC(=NCc1cccc(OC)c1OC)N(C)CCC1CCOCC1.I. The van der Waals surface area contributed by atoms with Gasteiger partial charge in [-0.1, -0.05) is 12.1 Å². The van der Waals surface area contributed by atoms with Crippen molar-refractivity contribution in [2.24, 2.45) is 10.9 Å². The number of halogens is 1. The van der Waals surface area contributed by atoms with Crippen LogP contribution in [0.1, 0.15) is 31.7 Å². The maximum absolute atomic E-state index is 5.51. The van der Waals surface area contributed by atoms with Crippen LogP contribution >= 0.6 is 24.0 Å². The average Bonchev–Trinajstić information content (AvgIpc) is 2.69. The van der Waals surface area contributed by atoms with Gasteiger partial charge in [0.15, 0.2) is 17.5 Å². The Morgan fingerprint density at radius 3 is 2.63 bits per heavy atom. The number of benzene rings is 1. The summed E-state index contributed by atoms with van der Waals surface area (Å²) in [7, 11) is 5.42. The molecule has 1 aliphatic heterocycles. The fourth-order valence-corrected chi connectivity index (χ4v) is 3.23. The summed E-state index contributed by atoms with van der Waals surface area (Å²) in [5, 5.41) is 3.39. The van der Waals surface area contributed by atoms with Crippen molar-refractivity contribution in [2.45, 2.75) is 32.7 Å². The van der Waals surface area contributed by atoms with Crippen LogP contribution in [0.3, 0.4) is 0 Å². The van der Waals surface area contributed by atoms with E-state index >= 15 is 0 Å². The van der Waals surface area contributed by atoms with Gasteiger partial charge >= 0.3 is 0 Å². The first-order chi connectivity index (χ1) is 12.7. The Labute approximate surface area is 180 Å². The van der Waals surface area contributed by atoms with Crippen molar-refractivity contribution < 1.29 is 14.2 Å². The molecular formula is C20H34IN3O3. The van der Waals surface area contributed by atoms with E-state index < -0.39 is 0 Å². The molecule has 1 aliphatic rings. The Balaban J connectivity index is 0.00000364. The van der Waals surface area contributed by atoms with Crippen molar-refractivity contribution in [3.8, 4) is 11.5 Å². The number of ether oxygens (including phenoxy) is 3. The van der Waals surface area contributed by atoms with Gasteiger partial charge in [-0.2, -0.15) is 0 Å². The molecule has 0 bridgehead atoms. The smallest absolute Gasteiger partial charge is 0.193 e. The molecule has 1 N–H and O–H groups in total. The minimum absolute atomic E-state index is 0. The van der Waals surface area contributed by atoms with Crippen LogP contribution in [0.2, 0.25) is 0 Å². The summed E-state index contributed by atoms with van der Waals surface area (Å²) < 4.78 is 16.3. The molecule has 1 fully saturated rings. The lowest BCUT2D eigenvalue weighted by atomic mass is 9.96. The Kier molecular flexibility index (Phi) is 11.5. The van der Waals surface area contributed by atoms with Gasteiger partial charge in [-0.05, 0) is 38.2 Å². The van der Waals surface area contributed by atoms with Gasteiger partial charge in [0.2, 0.25) is 0 Å². The standard InChI is InChI=1S/C20H33N3O3.HI/c1-5-21-20(23(2)12-9-16-10-13-26-14-11-16)22-15-17-7-6-8-18(24-3)19(17)25-4;/h6-8,16H,5,9-15H2,1-4H3,(H,21,22);1H. The topological polar surface area (TPSA) is 55.3 Å². The molecule has 2 rings (SSSR count). The maximum Gasteiger partial charge on any atom is 0.193 e. The first kappa shape index (κ1) is 23.8. The highest BCUT2D eigenvalue weighted by atomic mass is 127. The zero-order chi connectivity index (χ0) is 18.8. The number of methoxy groups -OCH3 is 2. The zero-order valence-corrected chi connectivity index (χ0v) is 19.3. The second kappa shape index (κ2) is 13.0. The number of para-hydroxylation sites is 1. The van der Waals surface area contributed by atoms with Gasteiger partial charge in [0.25, 0.3) is 0 Å². The first-order valence-electron chi connectivity index (χ1n) is 9.46. The van der Waals surface area contributed by atoms with Crippen molar-refractivity contribution >= 4 is 29.9 Å². The monoisotopic (exact) mass is 491 g/mol. The van der Waals surface area contributed by atoms with E-state index in [-0.39, 0.29) is 24.0 Å². The highest BCUT2D eigenvalue weighted by Crippen LogP contribution is 2.31. The van der Waals surface area contributed by atoms with E-state index in [4.69, 9.17) is 19.2 Å². The van der Waals surface area contributed by atoms with E-state index in [1.54, 1.807) is 14.2 Å². The molecule has 0 radical (unpaired) electrons. The van der Waals surface area contributed by atoms with E-state index in [1.807, 2.05) is 18.2 Å². The normalized spacial score (nSPS) is 15.0. The van der Waals surface area contributed by atoms with Crippen LogP contribution in [0.15, 0.2) is 23.2 Å². The fourth-order valence-electron chi connectivity index (χ4n) is 3.23. The molecule has 0 aliphatic carbocycles. The molecule has 0 saturated carbocycles. The molecule has 0 spiro atoms. The van der Waals surface area contributed by atoms with Crippen molar-refractivity contribution in [1.29, 1.82) is 0 Å². The maximum atomic E-state index is 5.51. The highest BCUT2D eigenvalue weighted by Gasteiger charge is 2.16. The molecule has 27 heavy (non-hydrogen) atoms. The van der Waals surface area contributed by atoms with Crippen molar-refractivity contribution in [1.82, 2.24) is 10.2 Å². The Bertz CT molecular complexity index is 578. The van der Waals surface area contributed by atoms with Gasteiger partial charge < -0.3 is 24.4 Å². The van der Waals surface area contributed by atoms with E-state index in [9.17, 15) is 0 Å². The number of nitrogens with one attached hydrogen (secondary N) is 1. The highest BCUT2D eigenvalue weighted by molar-refractivity contribution is 14.0. The zero-order valence-electron chi connectivity index (χ0n) is 17.0. The third-order valence-corrected chi connectivity index (χ3v) is 4.79. The van der Waals surface area contributed by atoms with Gasteiger partial charge in [0.1, 0.15) is 0 Å². The molecule has 0 atom stereocenters. The van der Waals surface area contributed by atoms with Crippen molar-refractivity contribution in [3.05, 3.63) is 23.8 Å². The van der Waals surface area contributed by atoms with Gasteiger partial charge in [-0.25, -0.2) is 4.99 Å². The molecule has 0 amide bonds. The lowest BCUT2D eigenvalue weighted by molar-refractivity contribution is 0.0625. The van der Waals surface area contributed by atoms with E-state index in [1.165, 1.54) is 19.3 Å². The van der Waals surface area contributed by atoms with Crippen molar-refractivity contribution in [3.63, 3.8) is 0 Å². The molecule has 6 nitrogen and oxygen atoms in total. The number of guanidine groups is 1. The van der Waals surface area contributed by atoms with Gasteiger partial charge in [-0.3, -0.25) is 0 Å². The molecule has 1 saturated heterocycles. The molecule has 1 aromatic carbocycles. The largest absolute Gasteiger partial charge is 0.493 e. The van der Waals surface area contributed by atoms with Crippen LogP contribution in [-0.4, -0.2) is 58.4 Å². The average molecular weight is 491 g/mol. The molecule has 0 unspecified atom stereocenters. The summed E-state index contributed by atoms with van der Waals surface area (Å²) in [5.41, 5.74) is 1.01. The van der Waals surface area contributed by atoms with Gasteiger partial charge in [-0.15, -0.1) is 24.0 Å². The van der Waals surface area contributed by atoms with E-state index in [0.29, 0.717) is 6.54 Å². The van der Waals surface area contributed by atoms with E-state index in [0.717, 1.165) is 55.2 Å². The van der Waals surface area contributed by atoms with Crippen LogP contribution in [0, 0.1) is 5.92 Å². The van der Waals surface area contributed by atoms with Crippen LogP contribution in [-0.2, 0) is 11.3 Å². The summed E-state index contributed by atoms with van der Waals surface area (Å²) in [5.74, 6) is 3.16. The fraction of sp³-hybridized carbons (Fsp3) is 0.650. The molecule has 1 heterocycles. The van der Waals surface area contributed by atoms with Crippen LogP contribution in [0.4, 0.5) is 0 Å². The first-order valence-corrected chi connectivity index (χ1v) is 9.46. The summed E-state index contributed by atoms with van der Waals surface area (Å²) >= 11 is 0. The van der Waals surface area contributed by atoms with Crippen LogP contribution < -0.4 is 14.8 Å². The Morgan fingerprint density at radius 1 is 1.26 bits per heavy atom. The third-order valence-electron chi connectivity index (χ3n) is 4.79. The van der Waals surface area contributed by atoms with Crippen LogP contribution in [0.25, 0.3) is 0 Å². The number of hydrogen-bond acceptors (Lipinski definition) is 4. The number of rotatable bonds is 8. The third kappa shape index (κ3) is 7.37. The second-order valence-corrected chi connectivity index (χ2v) is 6.59. The lowest BCUT2D eigenvalue weighted by Crippen LogP contribution is -2.40. The minimum Gasteiger partial charge on any atom is -0.493 e. The summed E-state index contributed by atoms with van der Waals surface area (Å²) in [6.45, 7) is 6.27. The summed E-state index contributed by atoms with van der Waals surface area (Å²) in [6, 6.07) is 5.89. The summed E-state index contributed by atoms with van der Waals surface area (Å²) in [6.07, 6.45) is 3.51. The molecule has 154 valence electrons. The van der Waals surface area contributed by atoms with Gasteiger partial charge in [0, 0.05) is 38.9 Å². The molecular weight excluding hydrogens is 457 g/mol. The van der Waals surface area contributed by atoms with Crippen molar-refractivity contribution in [2.75, 3.05) is 47.6 Å². The Morgan fingerprint density at radius 2 is 2.00 bits per heavy atom. The van der Waals surface area contributed by atoms with E-state index in [2.05, 4.69) is 24.2 Å². The minimum atomic E-state index is 0. The number of aliphatic imine (C=N–C) groups is 1. The number of nitrogens with zero attached hydrogens (tertiary/aromatic N) is 2. The molecule has 0 aromatic heterocycles. The lowest BCUT2D eigenvalue weighted by Gasteiger charge is -2.27.